The molecule has 0 atom stereocenters. The Morgan fingerprint density at radius 1 is 1.24 bits per heavy atom. The van der Waals surface area contributed by atoms with Gasteiger partial charge in [0.15, 0.2) is 5.96 Å². The van der Waals surface area contributed by atoms with Crippen LogP contribution in [0.1, 0.15) is 44.6 Å². The molecule has 1 amide bonds. The molecule has 158 valence electrons. The van der Waals surface area contributed by atoms with Crippen molar-refractivity contribution in [3.8, 4) is 0 Å². The van der Waals surface area contributed by atoms with Crippen molar-refractivity contribution in [2.24, 2.45) is 4.99 Å². The van der Waals surface area contributed by atoms with Crippen LogP contribution in [0.2, 0.25) is 0 Å². The van der Waals surface area contributed by atoms with Crippen LogP contribution in [-0.2, 0) is 17.9 Å². The topological polar surface area (TPSA) is 83.3 Å². The highest BCUT2D eigenvalue weighted by molar-refractivity contribution is 14.0. The van der Waals surface area contributed by atoms with E-state index in [0.29, 0.717) is 12.6 Å². The van der Waals surface area contributed by atoms with Crippen LogP contribution in [0.4, 0.5) is 5.69 Å². The van der Waals surface area contributed by atoms with Gasteiger partial charge in [-0.15, -0.1) is 24.0 Å². The summed E-state index contributed by atoms with van der Waals surface area (Å²) in [5.41, 5.74) is 1.83. The Bertz CT molecular complexity index is 771. The molecule has 1 fully saturated rings. The van der Waals surface area contributed by atoms with Crippen LogP contribution in [0, 0.1) is 0 Å². The highest BCUT2D eigenvalue weighted by atomic mass is 127. The number of benzene rings is 1. The maximum absolute atomic E-state index is 12.1. The van der Waals surface area contributed by atoms with Crippen LogP contribution in [0.25, 0.3) is 0 Å². The first-order valence-electron chi connectivity index (χ1n) is 10.1. The predicted octanol–water partition coefficient (Wildman–Crippen LogP) is 3.53. The molecule has 3 N–H and O–H groups in total. The number of nitrogens with one attached hydrogen (secondary N) is 3. The van der Waals surface area contributed by atoms with Gasteiger partial charge in [-0.25, -0.2) is 4.99 Å². The third-order valence-electron chi connectivity index (χ3n) is 4.79. The van der Waals surface area contributed by atoms with E-state index < -0.39 is 0 Å². The van der Waals surface area contributed by atoms with E-state index in [1.807, 2.05) is 24.3 Å². The SMILES string of the molecule is CCNC(=NCc1cccc(NC(=O)Cn2cccn2)c1)NC1CCCCC1.I. The molecule has 1 aromatic carbocycles. The normalized spacial score (nSPS) is 14.7. The number of hydrogen-bond acceptors (Lipinski definition) is 3. The van der Waals surface area contributed by atoms with Gasteiger partial charge in [-0.3, -0.25) is 9.48 Å². The summed E-state index contributed by atoms with van der Waals surface area (Å²) < 4.78 is 1.60. The van der Waals surface area contributed by atoms with Crippen molar-refractivity contribution in [2.75, 3.05) is 11.9 Å². The number of rotatable bonds is 7. The first kappa shape index (κ1) is 23.2. The second-order valence-electron chi connectivity index (χ2n) is 7.13. The molecule has 1 aliphatic rings. The maximum Gasteiger partial charge on any atom is 0.246 e. The number of anilines is 1. The van der Waals surface area contributed by atoms with Crippen LogP contribution in [0.15, 0.2) is 47.7 Å². The van der Waals surface area contributed by atoms with Crippen molar-refractivity contribution in [1.82, 2.24) is 20.4 Å². The fourth-order valence-corrected chi connectivity index (χ4v) is 3.42. The number of nitrogens with zero attached hydrogens (tertiary/aromatic N) is 3. The number of halogens is 1. The molecule has 0 saturated heterocycles. The molecule has 1 aromatic heterocycles. The summed E-state index contributed by atoms with van der Waals surface area (Å²) in [5.74, 6) is 0.763. The van der Waals surface area contributed by atoms with Crippen LogP contribution >= 0.6 is 24.0 Å². The van der Waals surface area contributed by atoms with E-state index in [9.17, 15) is 4.79 Å². The Labute approximate surface area is 189 Å². The maximum atomic E-state index is 12.1. The number of carbonyl (C=O) groups is 1. The van der Waals surface area contributed by atoms with Crippen molar-refractivity contribution >= 4 is 41.5 Å². The van der Waals surface area contributed by atoms with Gasteiger partial charge >= 0.3 is 0 Å². The summed E-state index contributed by atoms with van der Waals surface area (Å²) >= 11 is 0. The summed E-state index contributed by atoms with van der Waals surface area (Å²) in [6, 6.07) is 10.1. The molecule has 1 saturated carbocycles. The van der Waals surface area contributed by atoms with Crippen LogP contribution in [-0.4, -0.2) is 34.2 Å². The standard InChI is InChI=1S/C21H30N6O.HI/c1-2-22-21(26-18-9-4-3-5-10-18)23-15-17-8-6-11-19(14-17)25-20(28)16-27-13-7-12-24-27;/h6-8,11-14,18H,2-5,9-10,15-16H2,1H3,(H,25,28)(H2,22,23,26);1H. The van der Waals surface area contributed by atoms with Crippen molar-refractivity contribution in [3.05, 3.63) is 48.3 Å². The molecule has 0 spiro atoms. The molecule has 0 bridgehead atoms. The zero-order valence-electron chi connectivity index (χ0n) is 16.9. The molecule has 1 heterocycles. The molecule has 2 aromatic rings. The van der Waals surface area contributed by atoms with Crippen molar-refractivity contribution in [3.63, 3.8) is 0 Å². The summed E-state index contributed by atoms with van der Waals surface area (Å²) in [7, 11) is 0. The van der Waals surface area contributed by atoms with Crippen LogP contribution in [0.3, 0.4) is 0 Å². The van der Waals surface area contributed by atoms with Crippen molar-refractivity contribution < 1.29 is 4.79 Å². The lowest BCUT2D eigenvalue weighted by Crippen LogP contribution is -2.44. The second-order valence-corrected chi connectivity index (χ2v) is 7.13. The van der Waals surface area contributed by atoms with Gasteiger partial charge in [0.2, 0.25) is 5.91 Å². The van der Waals surface area contributed by atoms with Gasteiger partial charge in [0.25, 0.3) is 0 Å². The third kappa shape index (κ3) is 8.04. The van der Waals surface area contributed by atoms with Gasteiger partial charge in [0, 0.05) is 30.7 Å². The highest BCUT2D eigenvalue weighted by Gasteiger charge is 2.14. The smallest absolute Gasteiger partial charge is 0.246 e. The number of aliphatic imine (C=N–C) groups is 1. The van der Waals surface area contributed by atoms with Gasteiger partial charge < -0.3 is 16.0 Å². The molecule has 0 unspecified atom stereocenters. The summed E-state index contributed by atoms with van der Waals surface area (Å²) in [6.07, 6.45) is 9.77. The lowest BCUT2D eigenvalue weighted by Gasteiger charge is -2.24. The van der Waals surface area contributed by atoms with Crippen LogP contribution < -0.4 is 16.0 Å². The molecule has 3 rings (SSSR count). The second kappa shape index (κ2) is 12.5. The number of amides is 1. The van der Waals surface area contributed by atoms with Gasteiger partial charge in [-0.2, -0.15) is 5.10 Å². The number of hydrogen-bond donors (Lipinski definition) is 3. The van der Waals surface area contributed by atoms with E-state index in [1.54, 1.807) is 23.1 Å². The molecule has 8 heteroatoms. The largest absolute Gasteiger partial charge is 0.357 e. The zero-order chi connectivity index (χ0) is 19.6. The summed E-state index contributed by atoms with van der Waals surface area (Å²) in [4.78, 5) is 16.9. The Morgan fingerprint density at radius 3 is 2.79 bits per heavy atom. The van der Waals surface area contributed by atoms with E-state index in [-0.39, 0.29) is 36.4 Å². The van der Waals surface area contributed by atoms with Crippen molar-refractivity contribution in [1.29, 1.82) is 0 Å². The van der Waals surface area contributed by atoms with E-state index in [4.69, 9.17) is 4.99 Å². The Hall–Kier alpha value is -2.10. The minimum absolute atomic E-state index is 0. The Kier molecular flexibility index (Phi) is 9.96. The van der Waals surface area contributed by atoms with E-state index in [1.165, 1.54) is 32.1 Å². The van der Waals surface area contributed by atoms with E-state index in [0.717, 1.165) is 23.8 Å². The number of guanidine groups is 1. The zero-order valence-corrected chi connectivity index (χ0v) is 19.3. The van der Waals surface area contributed by atoms with Gasteiger partial charge in [-0.05, 0) is 43.5 Å². The first-order chi connectivity index (χ1) is 13.7. The monoisotopic (exact) mass is 510 g/mol. The predicted molar refractivity (Wildman–Crippen MR) is 128 cm³/mol. The quantitative estimate of drug-likeness (QED) is 0.303. The van der Waals surface area contributed by atoms with Crippen molar-refractivity contribution in [2.45, 2.75) is 58.2 Å². The minimum Gasteiger partial charge on any atom is -0.357 e. The third-order valence-corrected chi connectivity index (χ3v) is 4.79. The highest BCUT2D eigenvalue weighted by Crippen LogP contribution is 2.17. The molecule has 7 nitrogen and oxygen atoms in total. The summed E-state index contributed by atoms with van der Waals surface area (Å²) in [5, 5.41) is 13.9. The lowest BCUT2D eigenvalue weighted by molar-refractivity contribution is -0.116. The minimum atomic E-state index is -0.100. The molecule has 29 heavy (non-hydrogen) atoms. The fraction of sp³-hybridized carbons (Fsp3) is 0.476. The van der Waals surface area contributed by atoms with E-state index in [2.05, 4.69) is 28.0 Å². The Morgan fingerprint density at radius 2 is 2.07 bits per heavy atom. The molecule has 0 radical (unpaired) electrons. The number of carbonyl (C=O) groups excluding carboxylic acids is 1. The molecular weight excluding hydrogens is 479 g/mol. The van der Waals surface area contributed by atoms with E-state index >= 15 is 0 Å². The average Bonchev–Trinajstić information content (AvgIpc) is 3.20. The lowest BCUT2D eigenvalue weighted by atomic mass is 9.96. The molecule has 1 aliphatic carbocycles. The Balaban J connectivity index is 0.00000300. The first-order valence-corrected chi connectivity index (χ1v) is 10.1. The van der Waals surface area contributed by atoms with Crippen LogP contribution in [0.5, 0.6) is 0 Å². The van der Waals surface area contributed by atoms with Gasteiger partial charge in [0.05, 0.1) is 6.54 Å². The number of aromatic nitrogens is 2. The molecular formula is C21H31IN6O. The summed E-state index contributed by atoms with van der Waals surface area (Å²) in [6.45, 7) is 3.67. The van der Waals surface area contributed by atoms with Gasteiger partial charge in [0.1, 0.15) is 6.54 Å². The fourth-order valence-electron chi connectivity index (χ4n) is 3.42. The molecule has 0 aliphatic heterocycles. The average molecular weight is 510 g/mol. The van der Waals surface area contributed by atoms with Gasteiger partial charge in [-0.1, -0.05) is 31.4 Å².